The highest BCUT2D eigenvalue weighted by atomic mass is 32.2. The molecule has 0 aliphatic carbocycles. The van der Waals surface area contributed by atoms with Gasteiger partial charge < -0.3 is 10.1 Å². The third-order valence-corrected chi connectivity index (χ3v) is 5.50. The van der Waals surface area contributed by atoms with E-state index in [4.69, 9.17) is 4.74 Å². The van der Waals surface area contributed by atoms with Crippen molar-refractivity contribution in [2.75, 3.05) is 24.7 Å². The van der Waals surface area contributed by atoms with Crippen molar-refractivity contribution in [3.05, 3.63) is 55.8 Å². The summed E-state index contributed by atoms with van der Waals surface area (Å²) in [5.74, 6) is -1.42. The van der Waals surface area contributed by atoms with Crippen molar-refractivity contribution < 1.29 is 27.7 Å². The highest BCUT2D eigenvalue weighted by molar-refractivity contribution is 7.88. The van der Waals surface area contributed by atoms with Crippen LogP contribution in [0.2, 0.25) is 0 Å². The van der Waals surface area contributed by atoms with Gasteiger partial charge in [-0.05, 0) is 31.0 Å². The van der Waals surface area contributed by atoms with Gasteiger partial charge in [0.2, 0.25) is 10.0 Å². The van der Waals surface area contributed by atoms with E-state index in [1.807, 2.05) is 0 Å². The molecule has 2 N–H and O–H groups in total. The van der Waals surface area contributed by atoms with Gasteiger partial charge in [-0.1, -0.05) is 12.1 Å². The van der Waals surface area contributed by atoms with E-state index in [2.05, 4.69) is 10.0 Å². The topological polar surface area (TPSA) is 145 Å². The number of rotatable bonds is 9. The van der Waals surface area contributed by atoms with Gasteiger partial charge in [0.05, 0.1) is 11.2 Å². The number of para-hydroxylation sites is 1. The Balaban J connectivity index is 1.90. The van der Waals surface area contributed by atoms with Crippen LogP contribution in [-0.4, -0.2) is 44.6 Å². The molecule has 1 amide bonds. The number of sulfonamides is 1. The van der Waals surface area contributed by atoms with Crippen LogP contribution in [0.5, 0.6) is 0 Å². The number of nitrogens with one attached hydrogen (secondary N) is 2. The quantitative estimate of drug-likeness (QED) is 0.343. The molecule has 1 aromatic carbocycles. The van der Waals surface area contributed by atoms with Gasteiger partial charge in [-0.3, -0.25) is 14.9 Å². The Labute approximate surface area is 171 Å². The number of aryl methyl sites for hydroxylation is 1. The molecule has 0 spiro atoms. The number of benzene rings is 1. The number of hydrogen-bond donors (Lipinski definition) is 2. The molecule has 0 aliphatic heterocycles. The second kappa shape index (κ2) is 9.58. The molecule has 0 fully saturated rings. The zero-order valence-corrected chi connectivity index (χ0v) is 17.3. The zero-order chi connectivity index (χ0) is 21.6. The number of anilines is 1. The molecule has 12 heteroatoms. The Kier molecular flexibility index (Phi) is 7.42. The molecule has 0 saturated carbocycles. The minimum absolute atomic E-state index is 0.0512. The Hall–Kier alpha value is -2.83. The SMILES string of the molecule is Cc1cccc([N+](=O)[O-])c1NC(=O)COC(=O)c1ccc(CCNS(C)(=O)=O)s1. The summed E-state index contributed by atoms with van der Waals surface area (Å²) in [6, 6.07) is 7.57. The van der Waals surface area contributed by atoms with E-state index in [0.29, 0.717) is 12.0 Å². The number of thiophene rings is 1. The maximum atomic E-state index is 12.1. The number of nitrogens with zero attached hydrogens (tertiary/aromatic N) is 1. The van der Waals surface area contributed by atoms with Crippen molar-refractivity contribution in [3.8, 4) is 0 Å². The molecule has 29 heavy (non-hydrogen) atoms. The van der Waals surface area contributed by atoms with Crippen molar-refractivity contribution in [3.63, 3.8) is 0 Å². The van der Waals surface area contributed by atoms with Crippen molar-refractivity contribution in [2.24, 2.45) is 0 Å². The smallest absolute Gasteiger partial charge is 0.348 e. The molecule has 2 rings (SSSR count). The summed E-state index contributed by atoms with van der Waals surface area (Å²) in [6.07, 6.45) is 1.46. The summed E-state index contributed by atoms with van der Waals surface area (Å²) in [6.45, 7) is 1.21. The van der Waals surface area contributed by atoms with Crippen molar-refractivity contribution in [1.82, 2.24) is 4.72 Å². The molecule has 0 radical (unpaired) electrons. The van der Waals surface area contributed by atoms with E-state index in [1.54, 1.807) is 19.1 Å². The maximum Gasteiger partial charge on any atom is 0.348 e. The fourth-order valence-corrected chi connectivity index (χ4v) is 3.70. The lowest BCUT2D eigenvalue weighted by atomic mass is 10.1. The average molecular weight is 441 g/mol. The second-order valence-electron chi connectivity index (χ2n) is 6.03. The first-order chi connectivity index (χ1) is 13.6. The van der Waals surface area contributed by atoms with Crippen LogP contribution < -0.4 is 10.0 Å². The monoisotopic (exact) mass is 441 g/mol. The minimum atomic E-state index is -3.28. The predicted molar refractivity (Wildman–Crippen MR) is 108 cm³/mol. The predicted octanol–water partition coefficient (Wildman–Crippen LogP) is 1.85. The van der Waals surface area contributed by atoms with E-state index in [0.717, 1.165) is 22.5 Å². The first-order valence-electron chi connectivity index (χ1n) is 8.31. The van der Waals surface area contributed by atoms with E-state index >= 15 is 0 Å². The lowest BCUT2D eigenvalue weighted by Gasteiger charge is -2.09. The van der Waals surface area contributed by atoms with Gasteiger partial charge >= 0.3 is 5.97 Å². The zero-order valence-electron chi connectivity index (χ0n) is 15.6. The summed E-state index contributed by atoms with van der Waals surface area (Å²) in [4.78, 5) is 35.6. The summed E-state index contributed by atoms with van der Waals surface area (Å²) in [5.41, 5.74) is 0.301. The highest BCUT2D eigenvalue weighted by Crippen LogP contribution is 2.27. The Morgan fingerprint density at radius 3 is 2.62 bits per heavy atom. The van der Waals surface area contributed by atoms with E-state index < -0.39 is 33.4 Å². The fourth-order valence-electron chi connectivity index (χ4n) is 2.33. The van der Waals surface area contributed by atoms with Crippen molar-refractivity contribution >= 4 is 44.6 Å². The van der Waals surface area contributed by atoms with Gasteiger partial charge in [0.1, 0.15) is 10.6 Å². The lowest BCUT2D eigenvalue weighted by Crippen LogP contribution is -2.24. The van der Waals surface area contributed by atoms with Gasteiger partial charge in [-0.25, -0.2) is 17.9 Å². The summed E-state index contributed by atoms with van der Waals surface area (Å²) < 4.78 is 29.4. The number of carbonyl (C=O) groups excluding carboxylic acids is 2. The van der Waals surface area contributed by atoms with Crippen LogP contribution in [0, 0.1) is 17.0 Å². The Morgan fingerprint density at radius 2 is 1.97 bits per heavy atom. The molecule has 1 heterocycles. The van der Waals surface area contributed by atoms with Crippen LogP contribution in [0.4, 0.5) is 11.4 Å². The maximum absolute atomic E-state index is 12.1. The summed E-state index contributed by atoms with van der Waals surface area (Å²) in [5, 5.41) is 13.5. The van der Waals surface area contributed by atoms with Crippen LogP contribution in [0.3, 0.4) is 0 Å². The van der Waals surface area contributed by atoms with Crippen LogP contribution in [0.1, 0.15) is 20.1 Å². The van der Waals surface area contributed by atoms with Gasteiger partial charge in [-0.15, -0.1) is 11.3 Å². The molecule has 0 unspecified atom stereocenters. The first-order valence-corrected chi connectivity index (χ1v) is 11.0. The molecular weight excluding hydrogens is 422 g/mol. The summed E-state index contributed by atoms with van der Waals surface area (Å²) in [7, 11) is -3.28. The van der Waals surface area contributed by atoms with Gasteiger partial charge in [0.25, 0.3) is 11.6 Å². The lowest BCUT2D eigenvalue weighted by molar-refractivity contribution is -0.384. The molecule has 0 atom stereocenters. The van der Waals surface area contributed by atoms with Crippen LogP contribution in [-0.2, 0) is 26.0 Å². The van der Waals surface area contributed by atoms with E-state index in [1.165, 1.54) is 18.2 Å². The number of nitro benzene ring substituents is 1. The normalized spacial score (nSPS) is 11.1. The number of hydrogen-bond acceptors (Lipinski definition) is 8. The number of ether oxygens (including phenoxy) is 1. The van der Waals surface area contributed by atoms with Crippen LogP contribution in [0.25, 0.3) is 0 Å². The second-order valence-corrected chi connectivity index (χ2v) is 9.03. The molecule has 0 saturated heterocycles. The van der Waals surface area contributed by atoms with Gasteiger partial charge in [0.15, 0.2) is 6.61 Å². The number of amides is 1. The summed E-state index contributed by atoms with van der Waals surface area (Å²) >= 11 is 1.13. The van der Waals surface area contributed by atoms with Gasteiger partial charge in [-0.2, -0.15) is 0 Å². The fraction of sp³-hybridized carbons (Fsp3) is 0.294. The average Bonchev–Trinajstić information content (AvgIpc) is 3.09. The largest absolute Gasteiger partial charge is 0.451 e. The van der Waals surface area contributed by atoms with Crippen molar-refractivity contribution in [1.29, 1.82) is 0 Å². The van der Waals surface area contributed by atoms with Crippen LogP contribution in [0.15, 0.2) is 30.3 Å². The molecule has 0 bridgehead atoms. The third kappa shape index (κ3) is 6.93. The van der Waals surface area contributed by atoms with Crippen molar-refractivity contribution in [2.45, 2.75) is 13.3 Å². The molecule has 0 aliphatic rings. The molecule has 10 nitrogen and oxygen atoms in total. The van der Waals surface area contributed by atoms with Crippen LogP contribution >= 0.6 is 11.3 Å². The molecule has 2 aromatic rings. The standard InChI is InChI=1S/C17H19N3O7S2/c1-11-4-3-5-13(20(23)24)16(11)19-15(21)10-27-17(22)14-7-6-12(28-14)8-9-18-29(2,25)26/h3-7,18H,8-10H2,1-2H3,(H,19,21). The third-order valence-electron chi connectivity index (χ3n) is 3.64. The van der Waals surface area contributed by atoms with Gasteiger partial charge in [0, 0.05) is 17.5 Å². The minimum Gasteiger partial charge on any atom is -0.451 e. The number of esters is 1. The Bertz CT molecular complexity index is 1030. The number of carbonyl (C=O) groups is 2. The Morgan fingerprint density at radius 1 is 1.24 bits per heavy atom. The first kappa shape index (κ1) is 22.5. The highest BCUT2D eigenvalue weighted by Gasteiger charge is 2.19. The molecular formula is C17H19N3O7S2. The van der Waals surface area contributed by atoms with E-state index in [-0.39, 0.29) is 22.8 Å². The number of nitro groups is 1. The molecule has 1 aromatic heterocycles. The van der Waals surface area contributed by atoms with E-state index in [9.17, 15) is 28.1 Å². The molecule has 156 valence electrons.